The fourth-order valence-electron chi connectivity index (χ4n) is 2.44. The Labute approximate surface area is 145 Å². The summed E-state index contributed by atoms with van der Waals surface area (Å²) >= 11 is 6.20. The second-order valence-electron chi connectivity index (χ2n) is 5.44. The monoisotopic (exact) mass is 341 g/mol. The minimum Gasteiger partial charge on any atom is -0.457 e. The van der Waals surface area contributed by atoms with E-state index in [-0.39, 0.29) is 6.61 Å². The van der Waals surface area contributed by atoms with Gasteiger partial charge in [-0.3, -0.25) is 0 Å². The van der Waals surface area contributed by atoms with Crippen LogP contribution in [0.3, 0.4) is 0 Å². The summed E-state index contributed by atoms with van der Waals surface area (Å²) in [4.78, 5) is 12.6. The number of halogens is 1. The average Bonchev–Trinajstić information content (AvgIpc) is 2.96. The van der Waals surface area contributed by atoms with Crippen LogP contribution in [0, 0.1) is 13.8 Å². The molecule has 0 saturated heterocycles. The number of esters is 1. The topological polar surface area (TPSA) is 52.3 Å². The highest BCUT2D eigenvalue weighted by atomic mass is 35.5. The Morgan fingerprint density at radius 3 is 2.58 bits per heavy atom. The van der Waals surface area contributed by atoms with Crippen LogP contribution in [0.2, 0.25) is 5.02 Å². The standard InChI is InChI=1S/C19H16ClNO3/c1-12-7-3-4-8-14(12)11-23-19(22)17-13(2)24-21-18(17)15-9-5-6-10-16(15)20/h3-10H,11H2,1-2H3. The number of ether oxygens (including phenoxy) is 1. The molecule has 0 N–H and O–H groups in total. The molecule has 0 amide bonds. The predicted octanol–water partition coefficient (Wildman–Crippen LogP) is 4.97. The zero-order chi connectivity index (χ0) is 17.1. The Morgan fingerprint density at radius 2 is 1.83 bits per heavy atom. The summed E-state index contributed by atoms with van der Waals surface area (Å²) in [5.41, 5.74) is 3.36. The lowest BCUT2D eigenvalue weighted by Gasteiger charge is -2.08. The van der Waals surface area contributed by atoms with Crippen LogP contribution in [0.4, 0.5) is 0 Å². The molecule has 0 aliphatic rings. The lowest BCUT2D eigenvalue weighted by Crippen LogP contribution is -2.08. The zero-order valence-corrected chi connectivity index (χ0v) is 14.1. The molecule has 1 aromatic heterocycles. The third kappa shape index (κ3) is 3.19. The van der Waals surface area contributed by atoms with Gasteiger partial charge in [0.15, 0.2) is 0 Å². The minimum atomic E-state index is -0.480. The third-order valence-corrected chi connectivity index (χ3v) is 4.15. The number of hydrogen-bond donors (Lipinski definition) is 0. The minimum absolute atomic E-state index is 0.193. The van der Waals surface area contributed by atoms with Gasteiger partial charge in [0, 0.05) is 5.56 Å². The Morgan fingerprint density at radius 1 is 1.12 bits per heavy atom. The lowest BCUT2D eigenvalue weighted by molar-refractivity contribution is 0.0471. The van der Waals surface area contributed by atoms with Crippen molar-refractivity contribution in [3.63, 3.8) is 0 Å². The SMILES string of the molecule is Cc1ccccc1COC(=O)c1c(-c2ccccc2Cl)noc1C. The van der Waals surface area contributed by atoms with Crippen molar-refractivity contribution in [1.82, 2.24) is 5.16 Å². The molecular weight excluding hydrogens is 326 g/mol. The summed E-state index contributed by atoms with van der Waals surface area (Å²) in [6, 6.07) is 14.9. The molecule has 0 aliphatic carbocycles. The highest BCUT2D eigenvalue weighted by molar-refractivity contribution is 6.33. The maximum atomic E-state index is 12.6. The van der Waals surface area contributed by atoms with Crippen LogP contribution in [-0.4, -0.2) is 11.1 Å². The lowest BCUT2D eigenvalue weighted by atomic mass is 10.1. The van der Waals surface area contributed by atoms with Crippen LogP contribution in [0.15, 0.2) is 53.1 Å². The van der Waals surface area contributed by atoms with E-state index < -0.39 is 5.97 Å². The first-order chi connectivity index (χ1) is 11.6. The number of carbonyl (C=O) groups is 1. The number of rotatable bonds is 4. The number of aromatic nitrogens is 1. The van der Waals surface area contributed by atoms with E-state index in [1.54, 1.807) is 19.1 Å². The normalized spacial score (nSPS) is 10.6. The largest absolute Gasteiger partial charge is 0.457 e. The van der Waals surface area contributed by atoms with E-state index in [1.165, 1.54) is 0 Å². The van der Waals surface area contributed by atoms with E-state index in [9.17, 15) is 4.79 Å². The molecule has 0 spiro atoms. The van der Waals surface area contributed by atoms with Gasteiger partial charge in [0.1, 0.15) is 23.6 Å². The summed E-state index contributed by atoms with van der Waals surface area (Å²) in [5.74, 6) is -0.0772. The van der Waals surface area contributed by atoms with Crippen molar-refractivity contribution in [2.75, 3.05) is 0 Å². The Kier molecular flexibility index (Phi) is 4.67. The molecule has 0 radical (unpaired) electrons. The zero-order valence-electron chi connectivity index (χ0n) is 13.4. The first-order valence-electron chi connectivity index (χ1n) is 7.50. The molecular formula is C19H16ClNO3. The molecule has 4 nitrogen and oxygen atoms in total. The van der Waals surface area contributed by atoms with Crippen LogP contribution >= 0.6 is 11.6 Å². The Hall–Kier alpha value is -2.59. The fraction of sp³-hybridized carbons (Fsp3) is 0.158. The smallest absolute Gasteiger partial charge is 0.344 e. The van der Waals surface area contributed by atoms with Crippen molar-refractivity contribution in [3.05, 3.63) is 76.0 Å². The van der Waals surface area contributed by atoms with E-state index >= 15 is 0 Å². The highest BCUT2D eigenvalue weighted by Gasteiger charge is 2.24. The second kappa shape index (κ2) is 6.89. The predicted molar refractivity (Wildman–Crippen MR) is 92.0 cm³/mol. The molecule has 0 unspecified atom stereocenters. The third-order valence-electron chi connectivity index (χ3n) is 3.82. The first kappa shape index (κ1) is 16.3. The summed E-state index contributed by atoms with van der Waals surface area (Å²) in [6.07, 6.45) is 0. The van der Waals surface area contributed by atoms with Crippen LogP contribution in [-0.2, 0) is 11.3 Å². The molecule has 1 heterocycles. The highest BCUT2D eigenvalue weighted by Crippen LogP contribution is 2.31. The van der Waals surface area contributed by atoms with Crippen molar-refractivity contribution >= 4 is 17.6 Å². The van der Waals surface area contributed by atoms with Gasteiger partial charge in [-0.25, -0.2) is 4.79 Å². The van der Waals surface area contributed by atoms with Gasteiger partial charge in [0.2, 0.25) is 0 Å². The first-order valence-corrected chi connectivity index (χ1v) is 7.88. The average molecular weight is 342 g/mol. The van der Waals surface area contributed by atoms with Gasteiger partial charge in [0.05, 0.1) is 5.02 Å². The van der Waals surface area contributed by atoms with E-state index in [0.29, 0.717) is 27.6 Å². The van der Waals surface area contributed by atoms with Crippen molar-refractivity contribution in [3.8, 4) is 11.3 Å². The van der Waals surface area contributed by atoms with E-state index in [2.05, 4.69) is 5.16 Å². The van der Waals surface area contributed by atoms with E-state index in [0.717, 1.165) is 11.1 Å². The molecule has 0 fully saturated rings. The molecule has 3 rings (SSSR count). The number of hydrogen-bond acceptors (Lipinski definition) is 4. The molecule has 0 bridgehead atoms. The Balaban J connectivity index is 1.87. The number of aryl methyl sites for hydroxylation is 2. The van der Waals surface area contributed by atoms with Gasteiger partial charge in [-0.1, -0.05) is 59.2 Å². The van der Waals surface area contributed by atoms with Crippen molar-refractivity contribution < 1.29 is 14.1 Å². The molecule has 0 saturated carbocycles. The van der Waals surface area contributed by atoms with Gasteiger partial charge in [-0.2, -0.15) is 0 Å². The van der Waals surface area contributed by atoms with Gasteiger partial charge in [0.25, 0.3) is 0 Å². The second-order valence-corrected chi connectivity index (χ2v) is 5.85. The van der Waals surface area contributed by atoms with Gasteiger partial charge >= 0.3 is 5.97 Å². The summed E-state index contributed by atoms with van der Waals surface area (Å²) in [7, 11) is 0. The molecule has 24 heavy (non-hydrogen) atoms. The van der Waals surface area contributed by atoms with Crippen LogP contribution in [0.25, 0.3) is 11.3 Å². The van der Waals surface area contributed by atoms with Crippen molar-refractivity contribution in [2.45, 2.75) is 20.5 Å². The molecule has 0 aliphatic heterocycles. The molecule has 3 aromatic rings. The maximum Gasteiger partial charge on any atom is 0.344 e. The van der Waals surface area contributed by atoms with Crippen molar-refractivity contribution in [2.24, 2.45) is 0 Å². The number of nitrogens with zero attached hydrogens (tertiary/aromatic N) is 1. The summed E-state index contributed by atoms with van der Waals surface area (Å²) in [6.45, 7) is 3.85. The Bertz CT molecular complexity index is 886. The van der Waals surface area contributed by atoms with Crippen LogP contribution < -0.4 is 0 Å². The summed E-state index contributed by atoms with van der Waals surface area (Å²) < 4.78 is 10.6. The molecule has 122 valence electrons. The number of benzene rings is 2. The quantitative estimate of drug-likeness (QED) is 0.629. The maximum absolute atomic E-state index is 12.6. The van der Waals surface area contributed by atoms with Crippen LogP contribution in [0.5, 0.6) is 0 Å². The molecule has 2 aromatic carbocycles. The molecule has 0 atom stereocenters. The summed E-state index contributed by atoms with van der Waals surface area (Å²) in [5, 5.41) is 4.48. The number of carbonyl (C=O) groups excluding carboxylic acids is 1. The van der Waals surface area contributed by atoms with Gasteiger partial charge in [-0.15, -0.1) is 0 Å². The van der Waals surface area contributed by atoms with Crippen LogP contribution in [0.1, 0.15) is 27.2 Å². The van der Waals surface area contributed by atoms with E-state index in [1.807, 2.05) is 43.3 Å². The van der Waals surface area contributed by atoms with Gasteiger partial charge < -0.3 is 9.26 Å². The molecule has 5 heteroatoms. The van der Waals surface area contributed by atoms with Gasteiger partial charge in [-0.05, 0) is 31.0 Å². The van der Waals surface area contributed by atoms with E-state index in [4.69, 9.17) is 20.9 Å². The fourth-order valence-corrected chi connectivity index (χ4v) is 2.66. The van der Waals surface area contributed by atoms with Crippen molar-refractivity contribution in [1.29, 1.82) is 0 Å².